The van der Waals surface area contributed by atoms with Crippen molar-refractivity contribution in [3.05, 3.63) is 99.7 Å². The molecule has 0 spiro atoms. The van der Waals surface area contributed by atoms with E-state index in [9.17, 15) is 13.7 Å². The first-order valence-corrected chi connectivity index (χ1v) is 12.5. The van der Waals surface area contributed by atoms with Gasteiger partial charge in [0.25, 0.3) is 10.0 Å². The number of hydrogen-bond acceptors (Lipinski definition) is 3. The summed E-state index contributed by atoms with van der Waals surface area (Å²) in [6, 6.07) is 22.8. The fourth-order valence-corrected chi connectivity index (χ4v) is 5.48. The van der Waals surface area contributed by atoms with Crippen molar-refractivity contribution in [2.24, 2.45) is 0 Å². The second kappa shape index (κ2) is 8.23. The zero-order valence-corrected chi connectivity index (χ0v) is 20.5. The molecule has 6 heteroatoms. The van der Waals surface area contributed by atoms with Gasteiger partial charge >= 0.3 is 0 Å². The molecule has 0 saturated heterocycles. The minimum atomic E-state index is -3.73. The number of aromatic nitrogens is 1. The van der Waals surface area contributed by atoms with Gasteiger partial charge in [-0.3, -0.25) is 0 Å². The Labute approximate surface area is 197 Å². The first-order valence-electron chi connectivity index (χ1n) is 10.2. The molecule has 4 aromatic rings. The van der Waals surface area contributed by atoms with Crippen LogP contribution in [0.25, 0.3) is 10.9 Å². The predicted molar refractivity (Wildman–Crippen MR) is 131 cm³/mol. The van der Waals surface area contributed by atoms with E-state index in [1.54, 1.807) is 30.5 Å². The van der Waals surface area contributed by atoms with Gasteiger partial charge in [0.2, 0.25) is 0 Å². The Morgan fingerprint density at radius 3 is 2.28 bits per heavy atom. The molecule has 0 N–H and O–H groups in total. The van der Waals surface area contributed by atoms with Crippen LogP contribution >= 0.6 is 15.9 Å². The molecule has 1 aromatic heterocycles. The van der Waals surface area contributed by atoms with Crippen LogP contribution in [0.4, 0.5) is 0 Å². The Bertz CT molecular complexity index is 1440. The van der Waals surface area contributed by atoms with Gasteiger partial charge in [-0.2, -0.15) is 5.26 Å². The highest BCUT2D eigenvalue weighted by Crippen LogP contribution is 2.31. The average molecular weight is 507 g/mol. The van der Waals surface area contributed by atoms with E-state index >= 15 is 0 Å². The molecular weight excluding hydrogens is 484 g/mol. The monoisotopic (exact) mass is 506 g/mol. The Balaban J connectivity index is 1.79. The molecule has 0 aliphatic heterocycles. The summed E-state index contributed by atoms with van der Waals surface area (Å²) in [5.74, 6) is 0. The summed E-state index contributed by atoms with van der Waals surface area (Å²) in [5.41, 5.74) is 4.02. The van der Waals surface area contributed by atoms with Crippen LogP contribution in [0, 0.1) is 18.3 Å². The standard InChI is InChI=1S/C26H23BrN2O2S/c1-18-4-11-23(12-5-18)32(30,31)29-16-20(24-15-22(27)10-13-25(24)29)14-19-6-8-21(9-7-19)26(2,3)17-28/h4-13,15-16H,14H2,1-3H3. The summed E-state index contributed by atoms with van der Waals surface area (Å²) >= 11 is 3.51. The molecule has 0 aliphatic carbocycles. The van der Waals surface area contributed by atoms with Gasteiger partial charge in [-0.15, -0.1) is 0 Å². The maximum atomic E-state index is 13.4. The van der Waals surface area contributed by atoms with E-state index in [0.29, 0.717) is 11.9 Å². The lowest BCUT2D eigenvalue weighted by Crippen LogP contribution is -2.13. The SMILES string of the molecule is Cc1ccc(S(=O)(=O)n2cc(Cc3ccc(C(C)(C)C#N)cc3)c3cc(Br)ccc32)cc1. The zero-order chi connectivity index (χ0) is 23.1. The van der Waals surface area contributed by atoms with Gasteiger partial charge in [-0.1, -0.05) is 57.9 Å². The highest BCUT2D eigenvalue weighted by atomic mass is 79.9. The second-order valence-corrected chi connectivity index (χ2v) is 11.3. The number of nitriles is 1. The van der Waals surface area contributed by atoms with E-state index in [4.69, 9.17) is 0 Å². The van der Waals surface area contributed by atoms with E-state index < -0.39 is 15.4 Å². The van der Waals surface area contributed by atoms with Crippen LogP contribution < -0.4 is 0 Å². The molecule has 0 unspecified atom stereocenters. The van der Waals surface area contributed by atoms with E-state index in [-0.39, 0.29) is 4.90 Å². The molecular formula is C26H23BrN2O2S. The fourth-order valence-electron chi connectivity index (χ4n) is 3.73. The summed E-state index contributed by atoms with van der Waals surface area (Å²) in [6.07, 6.45) is 2.30. The summed E-state index contributed by atoms with van der Waals surface area (Å²) < 4.78 is 29.1. The molecule has 0 aliphatic rings. The lowest BCUT2D eigenvalue weighted by Gasteiger charge is -2.15. The van der Waals surface area contributed by atoms with Crippen molar-refractivity contribution < 1.29 is 8.42 Å². The van der Waals surface area contributed by atoms with Crippen LogP contribution in [0.3, 0.4) is 0 Å². The quantitative estimate of drug-likeness (QED) is 0.317. The first kappa shape index (κ1) is 22.3. The molecule has 4 rings (SSSR count). The summed E-state index contributed by atoms with van der Waals surface area (Å²) in [5, 5.41) is 10.3. The van der Waals surface area contributed by atoms with Crippen molar-refractivity contribution in [3.63, 3.8) is 0 Å². The lowest BCUT2D eigenvalue weighted by atomic mass is 9.85. The predicted octanol–water partition coefficient (Wildman–Crippen LogP) is 6.34. The molecule has 1 heterocycles. The number of nitrogens with zero attached hydrogens (tertiary/aromatic N) is 2. The zero-order valence-electron chi connectivity index (χ0n) is 18.1. The Morgan fingerprint density at radius 2 is 1.66 bits per heavy atom. The normalized spacial score (nSPS) is 12.1. The van der Waals surface area contributed by atoms with E-state index in [2.05, 4.69) is 22.0 Å². The highest BCUT2D eigenvalue weighted by molar-refractivity contribution is 9.10. The van der Waals surface area contributed by atoms with Gasteiger partial charge in [-0.05, 0) is 74.2 Å². The number of hydrogen-bond donors (Lipinski definition) is 0. The van der Waals surface area contributed by atoms with Crippen molar-refractivity contribution in [1.29, 1.82) is 5.26 Å². The smallest absolute Gasteiger partial charge is 0.241 e. The van der Waals surface area contributed by atoms with Gasteiger partial charge in [0, 0.05) is 16.1 Å². The molecule has 4 nitrogen and oxygen atoms in total. The van der Waals surface area contributed by atoms with Crippen LogP contribution in [-0.4, -0.2) is 12.4 Å². The Morgan fingerprint density at radius 1 is 1.00 bits per heavy atom. The topological polar surface area (TPSA) is 62.9 Å². The van der Waals surface area contributed by atoms with Gasteiger partial charge in [0.1, 0.15) is 0 Å². The number of aryl methyl sites for hydroxylation is 1. The van der Waals surface area contributed by atoms with Gasteiger partial charge in [0.15, 0.2) is 0 Å². The van der Waals surface area contributed by atoms with E-state index in [1.807, 2.05) is 63.2 Å². The lowest BCUT2D eigenvalue weighted by molar-refractivity contribution is 0.589. The number of rotatable bonds is 5. The van der Waals surface area contributed by atoms with Gasteiger partial charge in [0.05, 0.1) is 21.9 Å². The van der Waals surface area contributed by atoms with Crippen molar-refractivity contribution in [1.82, 2.24) is 3.97 Å². The molecule has 32 heavy (non-hydrogen) atoms. The molecule has 3 aromatic carbocycles. The molecule has 0 amide bonds. The third kappa shape index (κ3) is 4.11. The molecule has 0 saturated carbocycles. The summed E-state index contributed by atoms with van der Waals surface area (Å²) in [6.45, 7) is 5.71. The van der Waals surface area contributed by atoms with Gasteiger partial charge < -0.3 is 0 Å². The van der Waals surface area contributed by atoms with Crippen molar-refractivity contribution in [2.45, 2.75) is 37.5 Å². The number of benzene rings is 3. The third-order valence-electron chi connectivity index (χ3n) is 5.74. The Hall–Kier alpha value is -2.88. The third-order valence-corrected chi connectivity index (χ3v) is 7.92. The summed E-state index contributed by atoms with van der Waals surface area (Å²) in [4.78, 5) is 0.262. The van der Waals surface area contributed by atoms with E-state index in [1.165, 1.54) is 3.97 Å². The van der Waals surface area contributed by atoms with Crippen LogP contribution in [-0.2, 0) is 21.9 Å². The molecule has 162 valence electrons. The average Bonchev–Trinajstić information content (AvgIpc) is 3.12. The fraction of sp³-hybridized carbons (Fsp3) is 0.192. The van der Waals surface area contributed by atoms with Crippen molar-refractivity contribution >= 4 is 36.9 Å². The maximum absolute atomic E-state index is 13.4. The van der Waals surface area contributed by atoms with Crippen molar-refractivity contribution in [3.8, 4) is 6.07 Å². The van der Waals surface area contributed by atoms with Crippen LogP contribution in [0.5, 0.6) is 0 Å². The molecule has 0 bridgehead atoms. The van der Waals surface area contributed by atoms with E-state index in [0.717, 1.165) is 32.1 Å². The minimum absolute atomic E-state index is 0.262. The largest absolute Gasteiger partial charge is 0.268 e. The summed E-state index contributed by atoms with van der Waals surface area (Å²) in [7, 11) is -3.73. The minimum Gasteiger partial charge on any atom is -0.241 e. The molecule has 0 atom stereocenters. The maximum Gasteiger partial charge on any atom is 0.268 e. The highest BCUT2D eigenvalue weighted by Gasteiger charge is 2.22. The van der Waals surface area contributed by atoms with Crippen LogP contribution in [0.1, 0.15) is 36.1 Å². The second-order valence-electron chi connectivity index (χ2n) is 8.54. The van der Waals surface area contributed by atoms with Gasteiger partial charge in [-0.25, -0.2) is 12.4 Å². The first-order chi connectivity index (χ1) is 15.1. The molecule has 0 fully saturated rings. The molecule has 0 radical (unpaired) electrons. The number of halogens is 1. The Kier molecular flexibility index (Phi) is 5.74. The van der Waals surface area contributed by atoms with Crippen LogP contribution in [0.15, 0.2) is 82.3 Å². The number of fused-ring (bicyclic) bond motifs is 1. The van der Waals surface area contributed by atoms with Crippen molar-refractivity contribution in [2.75, 3.05) is 0 Å². The van der Waals surface area contributed by atoms with Crippen LogP contribution in [0.2, 0.25) is 0 Å².